The van der Waals surface area contributed by atoms with Gasteiger partial charge in [-0.1, -0.05) is 59.6 Å². The van der Waals surface area contributed by atoms with Gasteiger partial charge in [0.15, 0.2) is 11.5 Å². The van der Waals surface area contributed by atoms with Gasteiger partial charge in [-0.3, -0.25) is 9.78 Å². The van der Waals surface area contributed by atoms with Gasteiger partial charge < -0.3 is 18.9 Å². The summed E-state index contributed by atoms with van der Waals surface area (Å²) in [5, 5.41) is 0.802. The summed E-state index contributed by atoms with van der Waals surface area (Å²) in [5.41, 5.74) is 4.50. The predicted octanol–water partition coefficient (Wildman–Crippen LogP) is 6.62. The van der Waals surface area contributed by atoms with E-state index in [4.69, 9.17) is 42.1 Å². The topological polar surface area (TPSA) is 66.9 Å². The number of benzene rings is 2. The number of pyridine rings is 1. The Balaban J connectivity index is 1.62. The number of fused-ring (bicyclic) bond motifs is 1. The van der Waals surface area contributed by atoms with E-state index < -0.39 is 12.0 Å². The van der Waals surface area contributed by atoms with E-state index >= 15 is 0 Å². The zero-order valence-corrected chi connectivity index (χ0v) is 22.7. The summed E-state index contributed by atoms with van der Waals surface area (Å²) >= 11 is 12.8. The zero-order chi connectivity index (χ0) is 26.5. The number of aromatic nitrogens is 1. The zero-order valence-electron chi connectivity index (χ0n) is 21.2. The largest absolute Gasteiger partial charge is 0.493 e. The summed E-state index contributed by atoms with van der Waals surface area (Å²) in [6.45, 7) is 1.84. The Bertz CT molecular complexity index is 1290. The number of methoxy groups -OCH3 is 3. The molecule has 0 radical (unpaired) electrons. The van der Waals surface area contributed by atoms with E-state index in [9.17, 15) is 4.79 Å². The molecule has 3 atom stereocenters. The average molecular weight is 542 g/mol. The summed E-state index contributed by atoms with van der Waals surface area (Å²) in [5.74, 6) is 0.236. The highest BCUT2D eigenvalue weighted by Crippen LogP contribution is 2.36. The predicted molar refractivity (Wildman–Crippen MR) is 145 cm³/mol. The number of hydrogen-bond acceptors (Lipinski definition) is 6. The van der Waals surface area contributed by atoms with Crippen molar-refractivity contribution in [1.82, 2.24) is 4.98 Å². The van der Waals surface area contributed by atoms with Crippen LogP contribution in [-0.4, -0.2) is 38.4 Å². The van der Waals surface area contributed by atoms with Crippen LogP contribution in [0.4, 0.5) is 0 Å². The standard InChI is InChI=1S/C29H29Cl2NO5/c1-17(18-5-6-20-12-22(34-2)9-7-19(20)11-18)29(33)37-27(14-23-24(30)15-32-16-25(23)31)21-8-10-26(35-3)28(13-21)36-4/h5-11,13,15-17,22,27H,12,14H2,1-4H3/t17-,22?,27-/m1/s1. The van der Waals surface area contributed by atoms with Gasteiger partial charge in [0.1, 0.15) is 6.10 Å². The lowest BCUT2D eigenvalue weighted by Crippen LogP contribution is -2.20. The third-order valence-corrected chi connectivity index (χ3v) is 7.27. The molecule has 8 heteroatoms. The minimum atomic E-state index is -0.674. The second-order valence-corrected chi connectivity index (χ2v) is 9.66. The van der Waals surface area contributed by atoms with Crippen LogP contribution >= 0.6 is 23.2 Å². The minimum absolute atomic E-state index is 0.0646. The fourth-order valence-corrected chi connectivity index (χ4v) is 4.88. The van der Waals surface area contributed by atoms with Crippen LogP contribution in [0.15, 0.2) is 54.9 Å². The Morgan fingerprint density at radius 3 is 2.38 bits per heavy atom. The average Bonchev–Trinajstić information content (AvgIpc) is 2.92. The molecule has 0 saturated heterocycles. The molecule has 0 fully saturated rings. The monoisotopic (exact) mass is 541 g/mol. The molecule has 0 amide bonds. The fraction of sp³-hybridized carbons (Fsp3) is 0.310. The van der Waals surface area contributed by atoms with Crippen LogP contribution < -0.4 is 9.47 Å². The molecule has 4 rings (SSSR count). The molecule has 0 aliphatic heterocycles. The molecule has 1 unspecified atom stereocenters. The van der Waals surface area contributed by atoms with Crippen molar-refractivity contribution >= 4 is 35.2 Å². The van der Waals surface area contributed by atoms with E-state index in [-0.39, 0.29) is 18.5 Å². The highest BCUT2D eigenvalue weighted by atomic mass is 35.5. The smallest absolute Gasteiger partial charge is 0.313 e. The number of carbonyl (C=O) groups is 1. The van der Waals surface area contributed by atoms with Crippen molar-refractivity contribution in [3.8, 4) is 11.5 Å². The van der Waals surface area contributed by atoms with E-state index in [1.54, 1.807) is 33.5 Å². The number of carbonyl (C=O) groups excluding carboxylic acids is 1. The van der Waals surface area contributed by atoms with Gasteiger partial charge in [-0.15, -0.1) is 0 Å². The number of esters is 1. The molecule has 0 saturated carbocycles. The van der Waals surface area contributed by atoms with Crippen LogP contribution in [0.1, 0.15) is 46.8 Å². The van der Waals surface area contributed by atoms with Crippen LogP contribution in [0.5, 0.6) is 11.5 Å². The minimum Gasteiger partial charge on any atom is -0.493 e. The van der Waals surface area contributed by atoms with E-state index in [0.29, 0.717) is 27.1 Å². The van der Waals surface area contributed by atoms with E-state index in [1.165, 1.54) is 18.0 Å². The lowest BCUT2D eigenvalue weighted by atomic mass is 9.90. The molecule has 6 nitrogen and oxygen atoms in total. The molecule has 37 heavy (non-hydrogen) atoms. The fourth-order valence-electron chi connectivity index (χ4n) is 4.36. The van der Waals surface area contributed by atoms with Gasteiger partial charge in [0, 0.05) is 32.3 Å². The van der Waals surface area contributed by atoms with E-state index in [2.05, 4.69) is 4.98 Å². The molecule has 2 aromatic carbocycles. The molecule has 0 N–H and O–H groups in total. The number of ether oxygens (including phenoxy) is 4. The first-order valence-corrected chi connectivity index (χ1v) is 12.6. The third-order valence-electron chi connectivity index (χ3n) is 6.62. The third kappa shape index (κ3) is 6.09. The van der Waals surface area contributed by atoms with Crippen LogP contribution in [0.25, 0.3) is 6.08 Å². The number of nitrogens with zero attached hydrogens (tertiary/aromatic N) is 1. The van der Waals surface area contributed by atoms with Gasteiger partial charge in [0.05, 0.1) is 36.3 Å². The van der Waals surface area contributed by atoms with E-state index in [0.717, 1.165) is 23.1 Å². The number of hydrogen-bond donors (Lipinski definition) is 0. The van der Waals surface area contributed by atoms with Crippen molar-refractivity contribution in [2.45, 2.75) is 37.9 Å². The molecule has 1 aromatic heterocycles. The second kappa shape index (κ2) is 12.0. The number of halogens is 2. The van der Waals surface area contributed by atoms with Crippen LogP contribution in [-0.2, 0) is 27.1 Å². The van der Waals surface area contributed by atoms with Crippen molar-refractivity contribution in [2.24, 2.45) is 0 Å². The van der Waals surface area contributed by atoms with Gasteiger partial charge in [0.25, 0.3) is 0 Å². The Morgan fingerprint density at radius 2 is 1.70 bits per heavy atom. The number of rotatable bonds is 9. The SMILES string of the molecule is COc1ccc([C@@H](Cc2c(Cl)cncc2Cl)OC(=O)[C@H](C)c2ccc3c(c2)C=CC(OC)C3)cc1OC. The summed E-state index contributed by atoms with van der Waals surface area (Å²) < 4.78 is 22.4. The summed E-state index contributed by atoms with van der Waals surface area (Å²) in [7, 11) is 4.82. The maximum absolute atomic E-state index is 13.4. The first kappa shape index (κ1) is 27.0. The normalized spacial score (nSPS) is 16.0. The van der Waals surface area contributed by atoms with Crippen LogP contribution in [0.3, 0.4) is 0 Å². The molecule has 1 aliphatic carbocycles. The van der Waals surface area contributed by atoms with Crippen molar-refractivity contribution in [3.63, 3.8) is 0 Å². The molecular weight excluding hydrogens is 513 g/mol. The van der Waals surface area contributed by atoms with Crippen molar-refractivity contribution < 1.29 is 23.7 Å². The highest BCUT2D eigenvalue weighted by molar-refractivity contribution is 6.35. The van der Waals surface area contributed by atoms with Gasteiger partial charge in [-0.05, 0) is 46.9 Å². The van der Waals surface area contributed by atoms with E-state index in [1.807, 2.05) is 43.3 Å². The summed E-state index contributed by atoms with van der Waals surface area (Å²) in [4.78, 5) is 17.5. The Labute approximate surface area is 227 Å². The van der Waals surface area contributed by atoms with Gasteiger partial charge in [0.2, 0.25) is 0 Å². The Hall–Kier alpha value is -3.06. The molecule has 0 spiro atoms. The summed E-state index contributed by atoms with van der Waals surface area (Å²) in [6, 6.07) is 11.5. The molecule has 1 aliphatic rings. The van der Waals surface area contributed by atoms with Crippen molar-refractivity contribution in [1.29, 1.82) is 0 Å². The maximum atomic E-state index is 13.4. The first-order chi connectivity index (χ1) is 17.8. The molecule has 194 valence electrons. The lowest BCUT2D eigenvalue weighted by Gasteiger charge is -2.24. The van der Waals surface area contributed by atoms with Gasteiger partial charge in [-0.25, -0.2) is 0 Å². The molecule has 3 aromatic rings. The van der Waals surface area contributed by atoms with Crippen molar-refractivity contribution in [3.05, 3.63) is 92.7 Å². The van der Waals surface area contributed by atoms with Crippen molar-refractivity contribution in [2.75, 3.05) is 21.3 Å². The summed E-state index contributed by atoms with van der Waals surface area (Å²) in [6.07, 6.45) is 7.57. The molecule has 0 bridgehead atoms. The molecule has 1 heterocycles. The molecular formula is C29H29Cl2NO5. The lowest BCUT2D eigenvalue weighted by molar-refractivity contribution is -0.150. The highest BCUT2D eigenvalue weighted by Gasteiger charge is 2.26. The quantitative estimate of drug-likeness (QED) is 0.283. The second-order valence-electron chi connectivity index (χ2n) is 8.84. The van der Waals surface area contributed by atoms with Crippen LogP contribution in [0, 0.1) is 0 Å². The maximum Gasteiger partial charge on any atom is 0.313 e. The first-order valence-electron chi connectivity index (χ1n) is 11.9. The van der Waals surface area contributed by atoms with Gasteiger partial charge >= 0.3 is 5.97 Å². The van der Waals surface area contributed by atoms with Crippen LogP contribution in [0.2, 0.25) is 10.0 Å². The van der Waals surface area contributed by atoms with Gasteiger partial charge in [-0.2, -0.15) is 0 Å². The Kier molecular flexibility index (Phi) is 8.75. The Morgan fingerprint density at radius 1 is 1.00 bits per heavy atom.